The van der Waals surface area contributed by atoms with E-state index in [-0.39, 0.29) is 12.4 Å². The average Bonchev–Trinajstić information content (AvgIpc) is 2.31. The van der Waals surface area contributed by atoms with Gasteiger partial charge in [0.2, 0.25) is 0 Å². The number of halogens is 1. The van der Waals surface area contributed by atoms with Gasteiger partial charge in [0.25, 0.3) is 0 Å². The van der Waals surface area contributed by atoms with Crippen molar-refractivity contribution in [3.63, 3.8) is 0 Å². The standard InChI is InChI=1S/C15H31NO2.ClH/c1-3-4-5-6-7-8-9-10-11-12-13-15(2,16)14(17)18;/h3-13,16H2,1-2H3,(H,17,18);1H. The van der Waals surface area contributed by atoms with E-state index in [4.69, 9.17) is 10.8 Å². The van der Waals surface area contributed by atoms with Crippen LogP contribution in [0.1, 0.15) is 84.5 Å². The minimum Gasteiger partial charge on any atom is -0.480 e. The molecule has 116 valence electrons. The third-order valence-electron chi connectivity index (χ3n) is 3.54. The number of nitrogens with two attached hydrogens (primary N) is 1. The highest BCUT2D eigenvalue weighted by Gasteiger charge is 2.26. The summed E-state index contributed by atoms with van der Waals surface area (Å²) in [5, 5.41) is 8.86. The van der Waals surface area contributed by atoms with Crippen molar-refractivity contribution in [2.24, 2.45) is 5.73 Å². The second-order valence-corrected chi connectivity index (χ2v) is 5.65. The molecule has 0 aromatic rings. The fourth-order valence-corrected chi connectivity index (χ4v) is 2.09. The van der Waals surface area contributed by atoms with Crippen LogP contribution >= 0.6 is 12.4 Å². The lowest BCUT2D eigenvalue weighted by Crippen LogP contribution is -2.44. The average molecular weight is 294 g/mol. The lowest BCUT2D eigenvalue weighted by atomic mass is 9.95. The zero-order chi connectivity index (χ0) is 13.9. The Balaban J connectivity index is 0. The van der Waals surface area contributed by atoms with E-state index in [1.165, 1.54) is 51.4 Å². The van der Waals surface area contributed by atoms with E-state index in [1.807, 2.05) is 0 Å². The van der Waals surface area contributed by atoms with Crippen molar-refractivity contribution in [3.05, 3.63) is 0 Å². The molecule has 0 aliphatic rings. The molecule has 4 heteroatoms. The van der Waals surface area contributed by atoms with E-state index in [0.717, 1.165) is 12.8 Å². The van der Waals surface area contributed by atoms with Crippen molar-refractivity contribution in [3.8, 4) is 0 Å². The maximum Gasteiger partial charge on any atom is 0.323 e. The van der Waals surface area contributed by atoms with Crippen LogP contribution in [0, 0.1) is 0 Å². The van der Waals surface area contributed by atoms with Gasteiger partial charge in [-0.1, -0.05) is 71.1 Å². The smallest absolute Gasteiger partial charge is 0.323 e. The van der Waals surface area contributed by atoms with Crippen LogP contribution in [0.2, 0.25) is 0 Å². The molecular formula is C15H32ClNO2. The van der Waals surface area contributed by atoms with Crippen LogP contribution in [0.3, 0.4) is 0 Å². The van der Waals surface area contributed by atoms with Crippen LogP contribution < -0.4 is 5.73 Å². The summed E-state index contributed by atoms with van der Waals surface area (Å²) in [6.45, 7) is 3.84. The second kappa shape index (κ2) is 12.7. The van der Waals surface area contributed by atoms with Crippen molar-refractivity contribution in [1.29, 1.82) is 0 Å². The van der Waals surface area contributed by atoms with Crippen LogP contribution in [0.4, 0.5) is 0 Å². The van der Waals surface area contributed by atoms with Gasteiger partial charge in [-0.2, -0.15) is 0 Å². The predicted octanol–water partition coefficient (Wildman–Crippen LogP) is 4.52. The first-order valence-electron chi connectivity index (χ1n) is 7.53. The highest BCUT2D eigenvalue weighted by Crippen LogP contribution is 2.15. The van der Waals surface area contributed by atoms with E-state index >= 15 is 0 Å². The number of carboxylic acid groups (broad SMARTS) is 1. The number of carbonyl (C=O) groups is 1. The second-order valence-electron chi connectivity index (χ2n) is 5.65. The summed E-state index contributed by atoms with van der Waals surface area (Å²) in [4.78, 5) is 10.8. The van der Waals surface area contributed by atoms with Gasteiger partial charge < -0.3 is 10.8 Å². The Morgan fingerprint density at radius 1 is 0.947 bits per heavy atom. The van der Waals surface area contributed by atoms with Gasteiger partial charge in [-0.3, -0.25) is 4.79 Å². The van der Waals surface area contributed by atoms with Gasteiger partial charge in [0.05, 0.1) is 0 Å². The number of rotatable bonds is 12. The van der Waals surface area contributed by atoms with Gasteiger partial charge in [-0.15, -0.1) is 12.4 Å². The van der Waals surface area contributed by atoms with Crippen molar-refractivity contribution in [1.82, 2.24) is 0 Å². The Morgan fingerprint density at radius 3 is 1.68 bits per heavy atom. The summed E-state index contributed by atoms with van der Waals surface area (Å²) in [6, 6.07) is 0. The molecule has 0 saturated heterocycles. The molecule has 0 aromatic carbocycles. The number of aliphatic carboxylic acids is 1. The van der Waals surface area contributed by atoms with Crippen LogP contribution in [0.25, 0.3) is 0 Å². The Labute approximate surface area is 124 Å². The molecule has 3 nitrogen and oxygen atoms in total. The Morgan fingerprint density at radius 2 is 1.32 bits per heavy atom. The van der Waals surface area contributed by atoms with Crippen LogP contribution in [-0.4, -0.2) is 16.6 Å². The Bertz CT molecular complexity index is 220. The van der Waals surface area contributed by atoms with E-state index in [0.29, 0.717) is 6.42 Å². The third-order valence-corrected chi connectivity index (χ3v) is 3.54. The van der Waals surface area contributed by atoms with Crippen molar-refractivity contribution < 1.29 is 9.90 Å². The van der Waals surface area contributed by atoms with Crippen LogP contribution in [0.15, 0.2) is 0 Å². The zero-order valence-corrected chi connectivity index (χ0v) is 13.4. The normalized spacial score (nSPS) is 13.6. The van der Waals surface area contributed by atoms with Crippen molar-refractivity contribution >= 4 is 18.4 Å². The van der Waals surface area contributed by atoms with E-state index in [2.05, 4.69) is 6.92 Å². The minimum atomic E-state index is -1.04. The van der Waals surface area contributed by atoms with Crippen LogP contribution in [0.5, 0.6) is 0 Å². The molecule has 1 atom stereocenters. The molecule has 0 amide bonds. The van der Waals surface area contributed by atoms with Crippen molar-refractivity contribution in [2.45, 2.75) is 90.0 Å². The lowest BCUT2D eigenvalue weighted by Gasteiger charge is -2.18. The molecule has 0 spiro atoms. The van der Waals surface area contributed by atoms with E-state index < -0.39 is 11.5 Å². The molecule has 0 rings (SSSR count). The van der Waals surface area contributed by atoms with Gasteiger partial charge in [-0.05, 0) is 13.3 Å². The maximum atomic E-state index is 10.8. The third kappa shape index (κ3) is 12.5. The summed E-state index contributed by atoms with van der Waals surface area (Å²) in [6.07, 6.45) is 13.2. The molecule has 0 aliphatic carbocycles. The molecule has 0 bridgehead atoms. The first kappa shape index (κ1) is 21.0. The first-order chi connectivity index (χ1) is 8.50. The van der Waals surface area contributed by atoms with Gasteiger partial charge in [0.1, 0.15) is 5.54 Å². The van der Waals surface area contributed by atoms with Gasteiger partial charge in [-0.25, -0.2) is 0 Å². The topological polar surface area (TPSA) is 63.3 Å². The zero-order valence-electron chi connectivity index (χ0n) is 12.6. The quantitative estimate of drug-likeness (QED) is 0.520. The molecule has 0 aromatic heterocycles. The van der Waals surface area contributed by atoms with E-state index in [9.17, 15) is 4.79 Å². The fourth-order valence-electron chi connectivity index (χ4n) is 2.09. The molecule has 0 radical (unpaired) electrons. The summed E-state index contributed by atoms with van der Waals surface area (Å²) < 4.78 is 0. The SMILES string of the molecule is CCCCCCCCCCCCC(C)(N)C(=O)O.Cl. The largest absolute Gasteiger partial charge is 0.480 e. The molecule has 0 saturated carbocycles. The lowest BCUT2D eigenvalue weighted by molar-refractivity contribution is -0.142. The predicted molar refractivity (Wildman–Crippen MR) is 83.9 cm³/mol. The minimum absolute atomic E-state index is 0. The summed E-state index contributed by atoms with van der Waals surface area (Å²) in [5.41, 5.74) is 4.63. The highest BCUT2D eigenvalue weighted by atomic mass is 35.5. The molecule has 1 unspecified atom stereocenters. The van der Waals surface area contributed by atoms with E-state index in [1.54, 1.807) is 6.92 Å². The van der Waals surface area contributed by atoms with Crippen molar-refractivity contribution in [2.75, 3.05) is 0 Å². The monoisotopic (exact) mass is 293 g/mol. The maximum absolute atomic E-state index is 10.8. The molecule has 0 aliphatic heterocycles. The Kier molecular flexibility index (Phi) is 14.1. The number of hydrogen-bond donors (Lipinski definition) is 2. The van der Waals surface area contributed by atoms with Gasteiger partial charge in [0, 0.05) is 0 Å². The number of hydrogen-bond acceptors (Lipinski definition) is 2. The molecular weight excluding hydrogens is 262 g/mol. The number of carboxylic acids is 1. The molecule has 0 heterocycles. The van der Waals surface area contributed by atoms with Gasteiger partial charge in [0.15, 0.2) is 0 Å². The Hall–Kier alpha value is -0.280. The highest BCUT2D eigenvalue weighted by molar-refractivity contribution is 5.85. The fraction of sp³-hybridized carbons (Fsp3) is 0.933. The molecule has 3 N–H and O–H groups in total. The van der Waals surface area contributed by atoms with Gasteiger partial charge >= 0.3 is 5.97 Å². The summed E-state index contributed by atoms with van der Waals surface area (Å²) in [7, 11) is 0. The molecule has 19 heavy (non-hydrogen) atoms. The molecule has 0 fully saturated rings. The summed E-state index contributed by atoms with van der Waals surface area (Å²) >= 11 is 0. The first-order valence-corrected chi connectivity index (χ1v) is 7.53. The number of unbranched alkanes of at least 4 members (excludes halogenated alkanes) is 9. The van der Waals surface area contributed by atoms with Crippen LogP contribution in [-0.2, 0) is 4.79 Å². The summed E-state index contributed by atoms with van der Waals surface area (Å²) in [5.74, 6) is -0.890.